The topological polar surface area (TPSA) is 75.9 Å². The number of hydrogen-bond acceptors (Lipinski definition) is 6. The summed E-state index contributed by atoms with van der Waals surface area (Å²) in [6.45, 7) is 1.98. The van der Waals surface area contributed by atoms with E-state index in [-0.39, 0.29) is 11.9 Å². The zero-order valence-electron chi connectivity index (χ0n) is 11.2. The van der Waals surface area contributed by atoms with Crippen molar-refractivity contribution >= 4 is 23.4 Å². The maximum absolute atomic E-state index is 12.9. The standard InChI is InChI=1S/C13H16FN5S/c1-8(9-3-5-10(14)6-4-9)16-11-7-12(19-15)18-13(17-11)20-2/h3-8H,15H2,1-2H3,(H2,16,17,18,19). The number of thioether (sulfide) groups is 1. The van der Waals surface area contributed by atoms with Crippen molar-refractivity contribution < 1.29 is 4.39 Å². The predicted molar refractivity (Wildman–Crippen MR) is 80.1 cm³/mol. The lowest BCUT2D eigenvalue weighted by Gasteiger charge is -2.16. The normalized spacial score (nSPS) is 12.0. The van der Waals surface area contributed by atoms with E-state index in [0.717, 1.165) is 5.56 Å². The zero-order valence-corrected chi connectivity index (χ0v) is 12.0. The number of hydrazine groups is 1. The molecule has 1 atom stereocenters. The molecule has 2 rings (SSSR count). The number of anilines is 2. The number of halogens is 1. The molecule has 0 saturated carbocycles. The van der Waals surface area contributed by atoms with Crippen molar-refractivity contribution in [2.45, 2.75) is 18.1 Å². The van der Waals surface area contributed by atoms with Crippen LogP contribution in [0, 0.1) is 5.82 Å². The van der Waals surface area contributed by atoms with E-state index in [9.17, 15) is 4.39 Å². The number of aromatic nitrogens is 2. The zero-order chi connectivity index (χ0) is 14.5. The summed E-state index contributed by atoms with van der Waals surface area (Å²) in [5.41, 5.74) is 3.48. The molecule has 4 N–H and O–H groups in total. The van der Waals surface area contributed by atoms with Gasteiger partial charge in [-0.15, -0.1) is 0 Å². The van der Waals surface area contributed by atoms with Gasteiger partial charge < -0.3 is 10.7 Å². The number of nitrogens with two attached hydrogens (primary N) is 1. The fourth-order valence-electron chi connectivity index (χ4n) is 1.72. The minimum Gasteiger partial charge on any atom is -0.363 e. The van der Waals surface area contributed by atoms with Crippen LogP contribution in [0.15, 0.2) is 35.5 Å². The molecule has 106 valence electrons. The van der Waals surface area contributed by atoms with Crippen LogP contribution in [0.5, 0.6) is 0 Å². The SMILES string of the molecule is CSc1nc(NN)cc(NC(C)c2ccc(F)cc2)n1. The minimum absolute atomic E-state index is 0.00849. The minimum atomic E-state index is -0.248. The average molecular weight is 293 g/mol. The Hall–Kier alpha value is -1.86. The summed E-state index contributed by atoms with van der Waals surface area (Å²) in [5.74, 6) is 6.34. The summed E-state index contributed by atoms with van der Waals surface area (Å²) in [4.78, 5) is 8.54. The second-order valence-corrected chi connectivity index (χ2v) is 4.96. The maximum atomic E-state index is 12.9. The number of nitrogen functional groups attached to an aromatic ring is 1. The van der Waals surface area contributed by atoms with E-state index in [0.29, 0.717) is 16.8 Å². The first-order valence-electron chi connectivity index (χ1n) is 6.04. The van der Waals surface area contributed by atoms with Gasteiger partial charge >= 0.3 is 0 Å². The highest BCUT2D eigenvalue weighted by atomic mass is 32.2. The van der Waals surface area contributed by atoms with E-state index in [1.54, 1.807) is 18.2 Å². The van der Waals surface area contributed by atoms with Crippen molar-refractivity contribution in [1.82, 2.24) is 9.97 Å². The van der Waals surface area contributed by atoms with Gasteiger partial charge in [0.1, 0.15) is 17.5 Å². The monoisotopic (exact) mass is 293 g/mol. The lowest BCUT2D eigenvalue weighted by atomic mass is 10.1. The van der Waals surface area contributed by atoms with Crippen LogP contribution in [0.2, 0.25) is 0 Å². The first-order valence-corrected chi connectivity index (χ1v) is 7.26. The first-order chi connectivity index (χ1) is 9.62. The van der Waals surface area contributed by atoms with E-state index in [4.69, 9.17) is 5.84 Å². The molecule has 0 aliphatic heterocycles. The van der Waals surface area contributed by atoms with Gasteiger partial charge in [0.05, 0.1) is 0 Å². The Labute approximate surface area is 121 Å². The molecule has 0 fully saturated rings. The van der Waals surface area contributed by atoms with Crippen molar-refractivity contribution in [3.05, 3.63) is 41.7 Å². The molecule has 0 amide bonds. The average Bonchev–Trinajstić information content (AvgIpc) is 2.47. The van der Waals surface area contributed by atoms with Crippen LogP contribution in [0.4, 0.5) is 16.0 Å². The van der Waals surface area contributed by atoms with Gasteiger partial charge in [-0.05, 0) is 30.9 Å². The molecule has 7 heteroatoms. The highest BCUT2D eigenvalue weighted by Gasteiger charge is 2.09. The summed E-state index contributed by atoms with van der Waals surface area (Å²) in [6.07, 6.45) is 1.89. The third-order valence-electron chi connectivity index (χ3n) is 2.77. The molecule has 0 saturated heterocycles. The molecule has 0 radical (unpaired) electrons. The first kappa shape index (κ1) is 14.5. The Kier molecular flexibility index (Phi) is 4.75. The fraction of sp³-hybridized carbons (Fsp3) is 0.231. The molecular formula is C13H16FN5S. The molecule has 1 aromatic heterocycles. The summed E-state index contributed by atoms with van der Waals surface area (Å²) in [5, 5.41) is 3.86. The van der Waals surface area contributed by atoms with E-state index in [1.165, 1.54) is 23.9 Å². The maximum Gasteiger partial charge on any atom is 0.191 e. The molecule has 0 spiro atoms. The van der Waals surface area contributed by atoms with Crippen LogP contribution in [0.3, 0.4) is 0 Å². The van der Waals surface area contributed by atoms with Crippen molar-refractivity contribution in [2.24, 2.45) is 5.84 Å². The van der Waals surface area contributed by atoms with Crippen molar-refractivity contribution in [1.29, 1.82) is 0 Å². The second-order valence-electron chi connectivity index (χ2n) is 4.19. The van der Waals surface area contributed by atoms with Crippen LogP contribution in [0.1, 0.15) is 18.5 Å². The van der Waals surface area contributed by atoms with Crippen LogP contribution in [0.25, 0.3) is 0 Å². The van der Waals surface area contributed by atoms with Gasteiger partial charge in [-0.3, -0.25) is 0 Å². The van der Waals surface area contributed by atoms with E-state index < -0.39 is 0 Å². The number of hydrogen-bond donors (Lipinski definition) is 3. The molecule has 5 nitrogen and oxygen atoms in total. The summed E-state index contributed by atoms with van der Waals surface area (Å²) in [7, 11) is 0. The highest BCUT2D eigenvalue weighted by Crippen LogP contribution is 2.22. The highest BCUT2D eigenvalue weighted by molar-refractivity contribution is 7.98. The van der Waals surface area contributed by atoms with Gasteiger partial charge in [0, 0.05) is 12.1 Å². The molecular weight excluding hydrogens is 277 g/mol. The Morgan fingerprint density at radius 3 is 2.45 bits per heavy atom. The molecule has 2 aromatic rings. The fourth-order valence-corrected chi connectivity index (χ4v) is 2.10. The lowest BCUT2D eigenvalue weighted by Crippen LogP contribution is -2.12. The Morgan fingerprint density at radius 2 is 1.85 bits per heavy atom. The van der Waals surface area contributed by atoms with Crippen LogP contribution >= 0.6 is 11.8 Å². The second kappa shape index (κ2) is 6.53. The van der Waals surface area contributed by atoms with Gasteiger partial charge in [-0.25, -0.2) is 20.2 Å². The molecule has 0 aliphatic carbocycles. The quantitative estimate of drug-likeness (QED) is 0.341. The Morgan fingerprint density at radius 1 is 1.20 bits per heavy atom. The van der Waals surface area contributed by atoms with Crippen LogP contribution < -0.4 is 16.6 Å². The largest absolute Gasteiger partial charge is 0.363 e. The van der Waals surface area contributed by atoms with E-state index in [1.807, 2.05) is 13.2 Å². The number of rotatable bonds is 5. The number of benzene rings is 1. The lowest BCUT2D eigenvalue weighted by molar-refractivity contribution is 0.626. The van der Waals surface area contributed by atoms with Gasteiger partial charge in [-0.1, -0.05) is 23.9 Å². The van der Waals surface area contributed by atoms with Gasteiger partial charge in [0.15, 0.2) is 5.16 Å². The van der Waals surface area contributed by atoms with Gasteiger partial charge in [0.2, 0.25) is 0 Å². The van der Waals surface area contributed by atoms with E-state index in [2.05, 4.69) is 20.7 Å². The number of nitrogens with one attached hydrogen (secondary N) is 2. The third-order valence-corrected chi connectivity index (χ3v) is 3.32. The Bertz CT molecular complexity index is 553. The van der Waals surface area contributed by atoms with Crippen LogP contribution in [-0.2, 0) is 0 Å². The molecule has 20 heavy (non-hydrogen) atoms. The third kappa shape index (κ3) is 3.58. The van der Waals surface area contributed by atoms with Crippen LogP contribution in [-0.4, -0.2) is 16.2 Å². The molecule has 0 aliphatic rings. The number of nitrogens with zero attached hydrogens (tertiary/aromatic N) is 2. The summed E-state index contributed by atoms with van der Waals surface area (Å²) >= 11 is 1.43. The molecule has 0 bridgehead atoms. The Balaban J connectivity index is 2.18. The van der Waals surface area contributed by atoms with Crippen molar-refractivity contribution in [2.75, 3.05) is 17.0 Å². The molecule has 1 heterocycles. The van der Waals surface area contributed by atoms with Gasteiger partial charge in [0.25, 0.3) is 0 Å². The smallest absolute Gasteiger partial charge is 0.191 e. The predicted octanol–water partition coefficient (Wildman–Crippen LogP) is 2.80. The van der Waals surface area contributed by atoms with Crippen molar-refractivity contribution in [3.8, 4) is 0 Å². The summed E-state index contributed by atoms with van der Waals surface area (Å²) < 4.78 is 12.9. The van der Waals surface area contributed by atoms with E-state index >= 15 is 0 Å². The molecule has 1 unspecified atom stereocenters. The summed E-state index contributed by atoms with van der Waals surface area (Å²) in [6, 6.07) is 8.07. The van der Waals surface area contributed by atoms with Crippen molar-refractivity contribution in [3.63, 3.8) is 0 Å². The molecule has 1 aromatic carbocycles. The van der Waals surface area contributed by atoms with Gasteiger partial charge in [-0.2, -0.15) is 0 Å².